The summed E-state index contributed by atoms with van der Waals surface area (Å²) in [5.41, 5.74) is 7.46. The van der Waals surface area contributed by atoms with Gasteiger partial charge in [0.2, 0.25) is 0 Å². The lowest BCUT2D eigenvalue weighted by Gasteiger charge is -2.23. The summed E-state index contributed by atoms with van der Waals surface area (Å²) in [6.07, 6.45) is 5.98. The van der Waals surface area contributed by atoms with Gasteiger partial charge in [-0.05, 0) is 74.7 Å². The first-order valence-corrected chi connectivity index (χ1v) is 10.6. The minimum atomic E-state index is 0.753. The van der Waals surface area contributed by atoms with Crippen molar-refractivity contribution in [3.63, 3.8) is 0 Å². The molecule has 2 aromatic heterocycles. The van der Waals surface area contributed by atoms with Crippen LogP contribution in [0.15, 0.2) is 55.0 Å². The van der Waals surface area contributed by atoms with Crippen LogP contribution in [0.1, 0.15) is 18.4 Å². The van der Waals surface area contributed by atoms with Gasteiger partial charge >= 0.3 is 0 Å². The van der Waals surface area contributed by atoms with Crippen molar-refractivity contribution < 1.29 is 0 Å². The molecule has 6 heteroatoms. The fourth-order valence-corrected chi connectivity index (χ4v) is 4.17. The molecule has 30 heavy (non-hydrogen) atoms. The zero-order valence-electron chi connectivity index (χ0n) is 17.2. The smallest absolute Gasteiger partial charge is 0.116 e. The third-order valence-corrected chi connectivity index (χ3v) is 5.96. The molecule has 152 valence electrons. The number of H-pyrrole nitrogens is 1. The number of rotatable bonds is 5. The molecule has 3 heterocycles. The molecule has 2 aromatic carbocycles. The van der Waals surface area contributed by atoms with Gasteiger partial charge < -0.3 is 10.6 Å². The largest absolute Gasteiger partial charge is 0.385 e. The lowest BCUT2D eigenvalue weighted by Crippen LogP contribution is -2.31. The highest BCUT2D eigenvalue weighted by atomic mass is 15.1. The minimum absolute atomic E-state index is 0.753. The Labute approximate surface area is 176 Å². The number of piperidine rings is 1. The summed E-state index contributed by atoms with van der Waals surface area (Å²) in [5, 5.41) is 15.2. The Morgan fingerprint density at radius 2 is 1.87 bits per heavy atom. The predicted molar refractivity (Wildman–Crippen MR) is 121 cm³/mol. The molecule has 0 aliphatic carbocycles. The van der Waals surface area contributed by atoms with Crippen molar-refractivity contribution in [1.29, 1.82) is 0 Å². The Morgan fingerprint density at radius 3 is 2.73 bits per heavy atom. The highest BCUT2D eigenvalue weighted by Crippen LogP contribution is 2.28. The highest BCUT2D eigenvalue weighted by Gasteiger charge is 2.13. The van der Waals surface area contributed by atoms with E-state index in [1.165, 1.54) is 24.1 Å². The molecule has 6 nitrogen and oxygen atoms in total. The van der Waals surface area contributed by atoms with Gasteiger partial charge in [0.1, 0.15) is 6.33 Å². The first kappa shape index (κ1) is 18.8. The van der Waals surface area contributed by atoms with Crippen molar-refractivity contribution >= 4 is 16.6 Å². The highest BCUT2D eigenvalue weighted by molar-refractivity contribution is 5.84. The normalized spacial score (nSPS) is 14.8. The Bertz CT molecular complexity index is 1160. The monoisotopic (exact) mass is 398 g/mol. The van der Waals surface area contributed by atoms with Crippen molar-refractivity contribution in [2.45, 2.75) is 19.8 Å². The average Bonchev–Trinajstić information content (AvgIpc) is 3.26. The number of nitrogens with zero attached hydrogens (tertiary/aromatic N) is 3. The second kappa shape index (κ2) is 8.24. The van der Waals surface area contributed by atoms with Crippen LogP contribution in [0.2, 0.25) is 0 Å². The molecule has 4 aromatic rings. The van der Waals surface area contributed by atoms with Gasteiger partial charge in [-0.3, -0.25) is 5.10 Å². The van der Waals surface area contributed by atoms with Crippen LogP contribution < -0.4 is 10.6 Å². The van der Waals surface area contributed by atoms with Crippen LogP contribution in [0.5, 0.6) is 0 Å². The molecule has 0 spiro atoms. The number of fused-ring (bicyclic) bond motifs is 1. The summed E-state index contributed by atoms with van der Waals surface area (Å²) in [6.45, 7) is 5.45. The second-order valence-electron chi connectivity index (χ2n) is 8.06. The van der Waals surface area contributed by atoms with E-state index in [0.29, 0.717) is 0 Å². The standard InChI is InChI=1S/C24H26N6/c1-16-10-20(26-13-17-6-8-25-9-7-17)3-4-21(16)24-12-23(27-15-28-24)18-2-5-22-19(11-18)14-29-30-22/h2-5,10-12,14-15,17,25-26H,6-9,13H2,1H3,(H,29,30). The van der Waals surface area contributed by atoms with Gasteiger partial charge in [0.15, 0.2) is 0 Å². The second-order valence-corrected chi connectivity index (χ2v) is 8.06. The van der Waals surface area contributed by atoms with Gasteiger partial charge in [-0.2, -0.15) is 5.10 Å². The van der Waals surface area contributed by atoms with Crippen LogP contribution in [0.4, 0.5) is 5.69 Å². The van der Waals surface area contributed by atoms with E-state index >= 15 is 0 Å². The number of aromatic nitrogens is 4. The molecule has 3 N–H and O–H groups in total. The molecule has 0 amide bonds. The first-order valence-electron chi connectivity index (χ1n) is 10.6. The molecule has 0 unspecified atom stereocenters. The summed E-state index contributed by atoms with van der Waals surface area (Å²) in [7, 11) is 0. The van der Waals surface area contributed by atoms with Crippen molar-refractivity contribution in [3.8, 4) is 22.5 Å². The first-order chi connectivity index (χ1) is 14.8. The van der Waals surface area contributed by atoms with Gasteiger partial charge in [0.25, 0.3) is 0 Å². The van der Waals surface area contributed by atoms with Crippen molar-refractivity contribution in [3.05, 3.63) is 60.6 Å². The van der Waals surface area contributed by atoms with Crippen LogP contribution in [0.25, 0.3) is 33.4 Å². The van der Waals surface area contributed by atoms with Gasteiger partial charge in [0.05, 0.1) is 23.1 Å². The summed E-state index contributed by atoms with van der Waals surface area (Å²) in [5.74, 6) is 0.753. The molecule has 1 aliphatic rings. The lowest BCUT2D eigenvalue weighted by molar-refractivity contribution is 0.390. The minimum Gasteiger partial charge on any atom is -0.385 e. The van der Waals surface area contributed by atoms with Gasteiger partial charge in [-0.25, -0.2) is 9.97 Å². The maximum atomic E-state index is 4.54. The fourth-order valence-electron chi connectivity index (χ4n) is 4.17. The van der Waals surface area contributed by atoms with E-state index in [-0.39, 0.29) is 0 Å². The molecule has 0 radical (unpaired) electrons. The molecule has 1 fully saturated rings. The van der Waals surface area contributed by atoms with Gasteiger partial charge in [-0.15, -0.1) is 0 Å². The number of hydrogen-bond acceptors (Lipinski definition) is 5. The van der Waals surface area contributed by atoms with Crippen molar-refractivity contribution in [2.75, 3.05) is 25.0 Å². The van der Waals surface area contributed by atoms with Crippen LogP contribution in [-0.4, -0.2) is 39.8 Å². The number of nitrogens with one attached hydrogen (secondary N) is 3. The molecule has 0 atom stereocenters. The molecule has 1 saturated heterocycles. The summed E-state index contributed by atoms with van der Waals surface area (Å²) in [6, 6.07) is 14.8. The number of aromatic amines is 1. The van der Waals surface area contributed by atoms with E-state index in [2.05, 4.69) is 74.1 Å². The van der Waals surface area contributed by atoms with E-state index in [9.17, 15) is 0 Å². The molecular weight excluding hydrogens is 372 g/mol. The quantitative estimate of drug-likeness (QED) is 0.464. The number of anilines is 1. The molecular formula is C24H26N6. The van der Waals surface area contributed by atoms with E-state index in [0.717, 1.165) is 59.0 Å². The van der Waals surface area contributed by atoms with Crippen LogP contribution in [0, 0.1) is 12.8 Å². The maximum absolute atomic E-state index is 4.54. The maximum Gasteiger partial charge on any atom is 0.116 e. The summed E-state index contributed by atoms with van der Waals surface area (Å²) in [4.78, 5) is 9.04. The van der Waals surface area contributed by atoms with E-state index in [1.807, 2.05) is 12.3 Å². The Balaban J connectivity index is 1.36. The van der Waals surface area contributed by atoms with E-state index < -0.39 is 0 Å². The summed E-state index contributed by atoms with van der Waals surface area (Å²) >= 11 is 0. The molecule has 1 aliphatic heterocycles. The zero-order chi connectivity index (χ0) is 20.3. The van der Waals surface area contributed by atoms with Crippen LogP contribution in [-0.2, 0) is 0 Å². The average molecular weight is 399 g/mol. The molecule has 0 saturated carbocycles. The Morgan fingerprint density at radius 1 is 1.00 bits per heavy atom. The fraction of sp³-hybridized carbons (Fsp3) is 0.292. The summed E-state index contributed by atoms with van der Waals surface area (Å²) < 4.78 is 0. The Kier molecular flexibility index (Phi) is 5.15. The number of aryl methyl sites for hydroxylation is 1. The van der Waals surface area contributed by atoms with Crippen LogP contribution >= 0.6 is 0 Å². The lowest BCUT2D eigenvalue weighted by atomic mass is 9.98. The third-order valence-electron chi connectivity index (χ3n) is 5.96. The van der Waals surface area contributed by atoms with Crippen LogP contribution in [0.3, 0.4) is 0 Å². The van der Waals surface area contributed by atoms with E-state index in [1.54, 1.807) is 6.33 Å². The third kappa shape index (κ3) is 3.91. The number of hydrogen-bond donors (Lipinski definition) is 3. The number of benzene rings is 2. The molecule has 0 bridgehead atoms. The Hall–Kier alpha value is -3.25. The van der Waals surface area contributed by atoms with Gasteiger partial charge in [0, 0.05) is 28.7 Å². The van der Waals surface area contributed by atoms with E-state index in [4.69, 9.17) is 0 Å². The van der Waals surface area contributed by atoms with Crippen molar-refractivity contribution in [2.24, 2.45) is 5.92 Å². The molecule has 5 rings (SSSR count). The van der Waals surface area contributed by atoms with Crippen molar-refractivity contribution in [1.82, 2.24) is 25.5 Å². The topological polar surface area (TPSA) is 78.5 Å². The predicted octanol–water partition coefficient (Wildman–Crippen LogP) is 4.41. The van der Waals surface area contributed by atoms with Gasteiger partial charge in [-0.1, -0.05) is 12.1 Å². The SMILES string of the molecule is Cc1cc(NCC2CCNCC2)ccc1-c1cc(-c2ccc3[nH]ncc3c2)ncn1. The zero-order valence-corrected chi connectivity index (χ0v) is 17.2.